The van der Waals surface area contributed by atoms with Crippen LogP contribution in [-0.2, 0) is 0 Å². The lowest BCUT2D eigenvalue weighted by molar-refractivity contribution is -0.385. The van der Waals surface area contributed by atoms with Crippen LogP contribution in [0.25, 0.3) is 0 Å². The lowest BCUT2D eigenvalue weighted by Gasteiger charge is -2.08. The number of hydrogen-bond acceptors (Lipinski definition) is 5. The molecule has 2 aromatic rings. The van der Waals surface area contributed by atoms with E-state index in [-0.39, 0.29) is 11.3 Å². The summed E-state index contributed by atoms with van der Waals surface area (Å²) in [5.41, 5.74) is 2.99. The molecular formula is C13H11IN4O3. The van der Waals surface area contributed by atoms with Gasteiger partial charge >= 0.3 is 0 Å². The summed E-state index contributed by atoms with van der Waals surface area (Å²) in [5, 5.41) is 13.6. The zero-order valence-electron chi connectivity index (χ0n) is 10.7. The molecule has 0 aliphatic carbocycles. The third-order valence-electron chi connectivity index (χ3n) is 2.69. The molecular weight excluding hydrogens is 387 g/mol. The average Bonchev–Trinajstić information content (AvgIpc) is 2.46. The number of nitrogens with one attached hydrogen (secondary N) is 2. The molecule has 2 aromatic carbocycles. The molecule has 0 saturated carbocycles. The minimum Gasteiger partial charge on any atom is -0.324 e. The van der Waals surface area contributed by atoms with E-state index in [1.54, 1.807) is 18.2 Å². The Morgan fingerprint density at radius 1 is 1.19 bits per heavy atom. The molecule has 0 aliphatic rings. The van der Waals surface area contributed by atoms with Crippen LogP contribution in [0.1, 0.15) is 10.4 Å². The summed E-state index contributed by atoms with van der Waals surface area (Å²) in [4.78, 5) is 22.6. The highest BCUT2D eigenvalue weighted by molar-refractivity contribution is 14.1. The highest BCUT2D eigenvalue weighted by Crippen LogP contribution is 2.23. The summed E-state index contributed by atoms with van der Waals surface area (Å²) in [6.45, 7) is 0. The maximum Gasteiger partial charge on any atom is 0.282 e. The lowest BCUT2D eigenvalue weighted by Crippen LogP contribution is -2.15. The quantitative estimate of drug-likeness (QED) is 0.318. The van der Waals surface area contributed by atoms with Crippen LogP contribution in [0.4, 0.5) is 17.1 Å². The molecule has 21 heavy (non-hydrogen) atoms. The summed E-state index contributed by atoms with van der Waals surface area (Å²) >= 11 is 2.11. The zero-order valence-corrected chi connectivity index (χ0v) is 12.8. The minimum atomic E-state index is -0.607. The van der Waals surface area contributed by atoms with Crippen molar-refractivity contribution in [1.29, 1.82) is 0 Å². The number of nitro groups is 1. The number of nitrogen functional groups attached to an aromatic ring is 1. The number of carbonyl (C=O) groups excluding carboxylic acids is 1. The number of amides is 1. The Morgan fingerprint density at radius 3 is 2.57 bits per heavy atom. The molecule has 108 valence electrons. The first kappa shape index (κ1) is 15.2. The number of nitrogens with two attached hydrogens (primary N) is 1. The SMILES string of the molecule is NNc1ccc([N+](=O)[O-])c(C(=O)Nc2cccc(I)c2)c1. The monoisotopic (exact) mass is 398 g/mol. The van der Waals surface area contributed by atoms with Crippen molar-refractivity contribution in [2.24, 2.45) is 5.84 Å². The second kappa shape index (κ2) is 6.50. The van der Waals surface area contributed by atoms with Crippen LogP contribution in [0.15, 0.2) is 42.5 Å². The molecule has 8 heteroatoms. The maximum absolute atomic E-state index is 12.2. The number of hydrogen-bond donors (Lipinski definition) is 3. The summed E-state index contributed by atoms with van der Waals surface area (Å²) in [7, 11) is 0. The van der Waals surface area contributed by atoms with Gasteiger partial charge in [0.1, 0.15) is 5.56 Å². The van der Waals surface area contributed by atoms with E-state index in [1.807, 2.05) is 6.07 Å². The molecule has 4 N–H and O–H groups in total. The summed E-state index contributed by atoms with van der Waals surface area (Å²) in [6, 6.07) is 11.1. The number of carbonyl (C=O) groups is 1. The Bertz CT molecular complexity index is 706. The predicted molar refractivity (Wildman–Crippen MR) is 88.0 cm³/mol. The second-order valence-electron chi connectivity index (χ2n) is 4.10. The van der Waals surface area contributed by atoms with Crippen molar-refractivity contribution in [3.05, 3.63) is 61.7 Å². The van der Waals surface area contributed by atoms with Crippen LogP contribution in [0.2, 0.25) is 0 Å². The Balaban J connectivity index is 2.35. The van der Waals surface area contributed by atoms with Crippen molar-refractivity contribution >= 4 is 45.6 Å². The second-order valence-corrected chi connectivity index (χ2v) is 5.34. The predicted octanol–water partition coefficient (Wildman–Crippen LogP) is 2.74. The largest absolute Gasteiger partial charge is 0.324 e. The first-order valence-corrected chi connectivity index (χ1v) is 6.91. The molecule has 2 rings (SSSR count). The third kappa shape index (κ3) is 3.67. The number of rotatable bonds is 4. The van der Waals surface area contributed by atoms with Crippen LogP contribution in [0, 0.1) is 13.7 Å². The molecule has 0 bridgehead atoms. The number of nitrogens with zero attached hydrogens (tertiary/aromatic N) is 1. The fourth-order valence-corrected chi connectivity index (χ4v) is 2.27. The number of halogens is 1. The van der Waals surface area contributed by atoms with E-state index in [0.717, 1.165) is 3.57 Å². The van der Waals surface area contributed by atoms with Gasteiger partial charge in [-0.3, -0.25) is 20.8 Å². The van der Waals surface area contributed by atoms with E-state index in [9.17, 15) is 14.9 Å². The van der Waals surface area contributed by atoms with Gasteiger partial charge in [0.15, 0.2) is 0 Å². The van der Waals surface area contributed by atoms with E-state index in [1.165, 1.54) is 18.2 Å². The van der Waals surface area contributed by atoms with Gasteiger partial charge in [-0.1, -0.05) is 6.07 Å². The van der Waals surface area contributed by atoms with Crippen LogP contribution >= 0.6 is 22.6 Å². The lowest BCUT2D eigenvalue weighted by atomic mass is 10.1. The third-order valence-corrected chi connectivity index (χ3v) is 3.36. The number of anilines is 2. The first-order valence-electron chi connectivity index (χ1n) is 5.83. The summed E-state index contributed by atoms with van der Waals surface area (Å²) in [6.07, 6.45) is 0. The molecule has 0 radical (unpaired) electrons. The van der Waals surface area contributed by atoms with Gasteiger partial charge in [-0.05, 0) is 52.9 Å². The van der Waals surface area contributed by atoms with Crippen molar-refractivity contribution in [2.45, 2.75) is 0 Å². The van der Waals surface area contributed by atoms with E-state index < -0.39 is 10.8 Å². The van der Waals surface area contributed by atoms with Crippen LogP contribution in [0.5, 0.6) is 0 Å². The molecule has 0 atom stereocenters. The molecule has 0 unspecified atom stereocenters. The normalized spacial score (nSPS) is 10.0. The number of benzene rings is 2. The van der Waals surface area contributed by atoms with Gasteiger partial charge in [-0.25, -0.2) is 0 Å². The van der Waals surface area contributed by atoms with E-state index in [0.29, 0.717) is 11.4 Å². The molecule has 1 amide bonds. The van der Waals surface area contributed by atoms with Crippen molar-refractivity contribution in [2.75, 3.05) is 10.7 Å². The molecule has 0 aromatic heterocycles. The fraction of sp³-hybridized carbons (Fsp3) is 0. The van der Waals surface area contributed by atoms with Crippen molar-refractivity contribution in [1.82, 2.24) is 0 Å². The maximum atomic E-state index is 12.2. The standard InChI is InChI=1S/C13H11IN4O3/c14-8-2-1-3-9(6-8)16-13(19)11-7-10(17-15)4-5-12(11)18(20)21/h1-7,17H,15H2,(H,16,19). The molecule has 0 spiro atoms. The Labute approximate surface area is 133 Å². The zero-order chi connectivity index (χ0) is 15.4. The van der Waals surface area contributed by atoms with Gasteiger partial charge in [-0.2, -0.15) is 0 Å². The highest BCUT2D eigenvalue weighted by atomic mass is 127. The molecule has 0 fully saturated rings. The highest BCUT2D eigenvalue weighted by Gasteiger charge is 2.20. The van der Waals surface area contributed by atoms with Crippen molar-refractivity contribution in [3.63, 3.8) is 0 Å². The van der Waals surface area contributed by atoms with Crippen LogP contribution in [0.3, 0.4) is 0 Å². The van der Waals surface area contributed by atoms with Gasteiger partial charge in [-0.15, -0.1) is 0 Å². The molecule has 7 nitrogen and oxygen atoms in total. The van der Waals surface area contributed by atoms with Gasteiger partial charge in [0.2, 0.25) is 0 Å². The van der Waals surface area contributed by atoms with E-state index >= 15 is 0 Å². The smallest absolute Gasteiger partial charge is 0.282 e. The number of hydrazine groups is 1. The first-order chi connectivity index (χ1) is 10.0. The number of nitro benzene ring substituents is 1. The van der Waals surface area contributed by atoms with Crippen LogP contribution in [-0.4, -0.2) is 10.8 Å². The van der Waals surface area contributed by atoms with E-state index in [4.69, 9.17) is 5.84 Å². The average molecular weight is 398 g/mol. The molecule has 0 heterocycles. The van der Waals surface area contributed by atoms with Crippen LogP contribution < -0.4 is 16.6 Å². The summed E-state index contributed by atoms with van der Waals surface area (Å²) in [5.74, 6) is 4.70. The minimum absolute atomic E-state index is 0.0608. The van der Waals surface area contributed by atoms with Gasteiger partial charge in [0.25, 0.3) is 11.6 Å². The topological polar surface area (TPSA) is 110 Å². The van der Waals surface area contributed by atoms with E-state index in [2.05, 4.69) is 33.3 Å². The summed E-state index contributed by atoms with van der Waals surface area (Å²) < 4.78 is 0.942. The Kier molecular flexibility index (Phi) is 4.70. The molecule has 0 saturated heterocycles. The van der Waals surface area contributed by atoms with Crippen molar-refractivity contribution in [3.8, 4) is 0 Å². The molecule has 0 aliphatic heterocycles. The van der Waals surface area contributed by atoms with Gasteiger partial charge in [0.05, 0.1) is 4.92 Å². The van der Waals surface area contributed by atoms with Gasteiger partial charge in [0, 0.05) is 21.0 Å². The van der Waals surface area contributed by atoms with Gasteiger partial charge < -0.3 is 10.7 Å². The Morgan fingerprint density at radius 2 is 1.95 bits per heavy atom. The fourth-order valence-electron chi connectivity index (χ4n) is 1.73. The Hall–Kier alpha value is -2.20. The van der Waals surface area contributed by atoms with Crippen molar-refractivity contribution < 1.29 is 9.72 Å².